The largest absolute Gasteiger partial charge is 0.462 e. The van der Waals surface area contributed by atoms with Crippen molar-refractivity contribution in [3.63, 3.8) is 0 Å². The molecule has 3 saturated carbocycles. The molecule has 4 fully saturated rings. The van der Waals surface area contributed by atoms with Crippen LogP contribution in [0.3, 0.4) is 0 Å². The lowest BCUT2D eigenvalue weighted by Gasteiger charge is -2.66. The first-order valence-corrected chi connectivity index (χ1v) is 16.1. The van der Waals surface area contributed by atoms with E-state index in [1.54, 1.807) is 0 Å². The van der Waals surface area contributed by atoms with Crippen LogP contribution in [0.1, 0.15) is 36.9 Å². The fourth-order valence-electron chi connectivity index (χ4n) is 7.62. The average molecular weight is 630 g/mol. The van der Waals surface area contributed by atoms with Gasteiger partial charge in [-0.3, -0.25) is 9.69 Å². The maximum atomic E-state index is 13.8. The number of ether oxygens (including phenoxy) is 1. The maximum Gasteiger partial charge on any atom is 0.318 e. The minimum atomic E-state index is -1.01. The number of hydrogen-bond donors (Lipinski definition) is 0. The monoisotopic (exact) mass is 629 g/mol. The topological polar surface area (TPSA) is 88.8 Å². The Morgan fingerprint density at radius 2 is 1.96 bits per heavy atom. The van der Waals surface area contributed by atoms with E-state index in [1.165, 1.54) is 24.2 Å². The van der Waals surface area contributed by atoms with Crippen LogP contribution in [0.25, 0.3) is 10.8 Å². The van der Waals surface area contributed by atoms with Crippen molar-refractivity contribution in [2.75, 3.05) is 56.2 Å². The van der Waals surface area contributed by atoms with Crippen LogP contribution >= 0.6 is 11.6 Å². The van der Waals surface area contributed by atoms with Crippen LogP contribution < -0.4 is 14.5 Å². The molecule has 45 heavy (non-hydrogen) atoms. The summed E-state index contributed by atoms with van der Waals surface area (Å²) in [5.74, 6) is -0.115. The Morgan fingerprint density at radius 3 is 2.67 bits per heavy atom. The van der Waals surface area contributed by atoms with E-state index in [2.05, 4.69) is 52.6 Å². The van der Waals surface area contributed by atoms with Gasteiger partial charge < -0.3 is 19.4 Å². The number of nitriles is 1. The number of aromatic nitrogens is 2. The summed E-state index contributed by atoms with van der Waals surface area (Å²) < 4.78 is 20.1. The lowest BCUT2D eigenvalue weighted by Crippen LogP contribution is -2.67. The maximum absolute atomic E-state index is 13.8. The van der Waals surface area contributed by atoms with Gasteiger partial charge >= 0.3 is 6.01 Å². The first-order chi connectivity index (χ1) is 21.8. The molecule has 5 aliphatic rings. The third kappa shape index (κ3) is 5.36. The summed E-state index contributed by atoms with van der Waals surface area (Å²) in [7, 11) is 2.17. The van der Waals surface area contributed by atoms with E-state index in [4.69, 9.17) is 26.3 Å². The summed E-state index contributed by atoms with van der Waals surface area (Å²) in [6, 6.07) is 14.2. The van der Waals surface area contributed by atoms with Crippen LogP contribution in [0.2, 0.25) is 5.02 Å². The molecule has 0 spiro atoms. The number of likely N-dealkylation sites (N-methyl/N-ethyl adjacent to an activating group) is 1. The van der Waals surface area contributed by atoms with Crippen molar-refractivity contribution in [1.82, 2.24) is 19.8 Å². The molecule has 11 heteroatoms. The molecule has 1 aromatic heterocycles. The Labute approximate surface area is 267 Å². The number of carbonyl (C=O) groups excluding carboxylic acids is 1. The Bertz CT molecular complexity index is 1690. The van der Waals surface area contributed by atoms with Gasteiger partial charge in [-0.1, -0.05) is 42.4 Å². The van der Waals surface area contributed by atoms with E-state index in [1.807, 2.05) is 18.2 Å². The second-order valence-corrected chi connectivity index (χ2v) is 13.3. The Hall–Kier alpha value is -3.94. The average Bonchev–Trinajstić information content (AvgIpc) is 2.98. The Balaban J connectivity index is 1.18. The van der Waals surface area contributed by atoms with Gasteiger partial charge in [-0.25, -0.2) is 4.39 Å². The molecule has 3 aromatic rings. The molecule has 2 bridgehead atoms. The summed E-state index contributed by atoms with van der Waals surface area (Å²) in [6.07, 6.45) is 4.62. The fraction of sp³-hybridized carbons (Fsp3) is 0.471. The van der Waals surface area contributed by atoms with Gasteiger partial charge in [-0.15, -0.1) is 0 Å². The van der Waals surface area contributed by atoms with Crippen molar-refractivity contribution in [1.29, 1.82) is 5.26 Å². The molecule has 3 heterocycles. The minimum Gasteiger partial charge on any atom is -0.462 e. The first kappa shape index (κ1) is 29.8. The standard InChI is InChI=1S/C34H37ClFN7O2/c1-22(36)32(44)43-14-13-42(20-25(43)9-11-37)31-26-10-12-41(29-8-4-6-24-5-3-7-27(35)30(24)29)21-28(26)38-33(39-31)45-16-15-40(2)34-17-23(18-34)19-34/h3-8,23,25H,1,9-10,12-21H2,2H3. The van der Waals surface area contributed by atoms with Crippen molar-refractivity contribution < 1.29 is 13.9 Å². The molecule has 0 N–H and O–H groups in total. The number of hydrogen-bond acceptors (Lipinski definition) is 8. The molecule has 1 unspecified atom stereocenters. The second-order valence-electron chi connectivity index (χ2n) is 12.9. The predicted molar refractivity (Wildman–Crippen MR) is 172 cm³/mol. The number of carbonyl (C=O) groups is 1. The van der Waals surface area contributed by atoms with Gasteiger partial charge in [0.25, 0.3) is 5.91 Å². The van der Waals surface area contributed by atoms with E-state index >= 15 is 0 Å². The van der Waals surface area contributed by atoms with Crippen molar-refractivity contribution >= 4 is 39.8 Å². The third-order valence-electron chi connectivity index (χ3n) is 10.3. The molecule has 2 aliphatic heterocycles. The molecular weight excluding hydrogens is 593 g/mol. The smallest absolute Gasteiger partial charge is 0.318 e. The number of fused-ring (bicyclic) bond motifs is 2. The van der Waals surface area contributed by atoms with E-state index in [-0.39, 0.29) is 13.0 Å². The SMILES string of the molecule is C=C(F)C(=O)N1CCN(c2nc(OCCN(C)C34CC(C3)C4)nc3c2CCN(c2cccc4cccc(Cl)c24)C3)CC1CC#N. The third-order valence-corrected chi connectivity index (χ3v) is 10.6. The van der Waals surface area contributed by atoms with Gasteiger partial charge in [-0.2, -0.15) is 15.2 Å². The second kappa shape index (κ2) is 11.8. The van der Waals surface area contributed by atoms with Gasteiger partial charge in [0.2, 0.25) is 0 Å². The van der Waals surface area contributed by atoms with Crippen molar-refractivity contribution in [2.45, 2.75) is 50.2 Å². The molecule has 2 aromatic carbocycles. The zero-order chi connectivity index (χ0) is 31.3. The molecular formula is C34H37ClFN7O2. The molecule has 0 radical (unpaired) electrons. The number of anilines is 2. The van der Waals surface area contributed by atoms with E-state index in [0.29, 0.717) is 49.2 Å². The van der Waals surface area contributed by atoms with Gasteiger partial charge in [-0.05, 0) is 56.2 Å². The molecule has 1 saturated heterocycles. The van der Waals surface area contributed by atoms with Crippen LogP contribution in [0.4, 0.5) is 15.9 Å². The molecule has 3 aliphatic carbocycles. The van der Waals surface area contributed by atoms with Crippen molar-refractivity contribution in [3.8, 4) is 12.1 Å². The summed E-state index contributed by atoms with van der Waals surface area (Å²) in [5.41, 5.74) is 3.32. The van der Waals surface area contributed by atoms with Gasteiger partial charge in [0.1, 0.15) is 12.4 Å². The Kier molecular flexibility index (Phi) is 7.78. The molecule has 1 atom stereocenters. The quantitative estimate of drug-likeness (QED) is 0.301. The number of benzene rings is 2. The highest BCUT2D eigenvalue weighted by Crippen LogP contribution is 2.60. The zero-order valence-electron chi connectivity index (χ0n) is 25.5. The van der Waals surface area contributed by atoms with Crippen LogP contribution in [0.15, 0.2) is 48.8 Å². The lowest BCUT2D eigenvalue weighted by molar-refractivity contribution is -0.135. The fourth-order valence-corrected chi connectivity index (χ4v) is 7.90. The van der Waals surface area contributed by atoms with Crippen LogP contribution in [0.5, 0.6) is 6.01 Å². The lowest BCUT2D eigenvalue weighted by atomic mass is 9.49. The summed E-state index contributed by atoms with van der Waals surface area (Å²) in [5, 5.41) is 12.3. The van der Waals surface area contributed by atoms with Crippen LogP contribution in [0, 0.1) is 17.2 Å². The van der Waals surface area contributed by atoms with Crippen molar-refractivity contribution in [3.05, 3.63) is 65.1 Å². The number of amides is 1. The summed E-state index contributed by atoms with van der Waals surface area (Å²) in [4.78, 5) is 30.6. The first-order valence-electron chi connectivity index (χ1n) is 15.7. The number of rotatable bonds is 9. The predicted octanol–water partition coefficient (Wildman–Crippen LogP) is 5.12. The zero-order valence-corrected chi connectivity index (χ0v) is 26.3. The van der Waals surface area contributed by atoms with Crippen LogP contribution in [-0.2, 0) is 17.8 Å². The highest BCUT2D eigenvalue weighted by atomic mass is 35.5. The highest BCUT2D eigenvalue weighted by molar-refractivity contribution is 6.36. The molecule has 234 valence electrons. The number of piperazine rings is 1. The number of nitrogens with zero attached hydrogens (tertiary/aromatic N) is 7. The molecule has 9 nitrogen and oxygen atoms in total. The summed E-state index contributed by atoms with van der Waals surface area (Å²) in [6.45, 7) is 6.80. The molecule has 8 rings (SSSR count). The Morgan fingerprint density at radius 1 is 1.18 bits per heavy atom. The number of halogens is 2. The minimum absolute atomic E-state index is 0.0801. The van der Waals surface area contributed by atoms with Gasteiger partial charge in [0.05, 0.1) is 35.8 Å². The van der Waals surface area contributed by atoms with Gasteiger partial charge in [0.15, 0.2) is 5.83 Å². The highest BCUT2D eigenvalue weighted by Gasteiger charge is 2.58. The normalized spacial score (nSPS) is 23.7. The van der Waals surface area contributed by atoms with E-state index < -0.39 is 17.8 Å². The summed E-state index contributed by atoms with van der Waals surface area (Å²) >= 11 is 6.70. The van der Waals surface area contributed by atoms with Gasteiger partial charge in [0, 0.05) is 54.9 Å². The van der Waals surface area contributed by atoms with E-state index in [0.717, 1.165) is 52.5 Å². The van der Waals surface area contributed by atoms with E-state index in [9.17, 15) is 14.4 Å². The van der Waals surface area contributed by atoms with Crippen LogP contribution in [-0.4, -0.2) is 83.6 Å². The molecule has 1 amide bonds. The van der Waals surface area contributed by atoms with Crippen molar-refractivity contribution in [2.24, 2.45) is 5.92 Å².